The van der Waals surface area contributed by atoms with Crippen LogP contribution in [0, 0.1) is 17.8 Å². The molecule has 1 aliphatic rings. The van der Waals surface area contributed by atoms with Crippen LogP contribution >= 0.6 is 0 Å². The quantitative estimate of drug-likeness (QED) is 0.798. The number of aromatic nitrogens is 1. The average Bonchev–Trinajstić information content (AvgIpc) is 2.60. The first-order valence-electron chi connectivity index (χ1n) is 9.42. The number of nitrogens with zero attached hydrogens (tertiary/aromatic N) is 1. The number of carbonyl (C=O) groups excluding carboxylic acids is 2. The molecule has 1 aromatic heterocycles. The summed E-state index contributed by atoms with van der Waals surface area (Å²) in [6.07, 6.45) is 8.14. The zero-order chi connectivity index (χ0) is 18.2. The molecule has 1 fully saturated rings. The van der Waals surface area contributed by atoms with Gasteiger partial charge < -0.3 is 10.6 Å². The van der Waals surface area contributed by atoms with Crippen LogP contribution in [0.1, 0.15) is 58.4 Å². The summed E-state index contributed by atoms with van der Waals surface area (Å²) in [5.41, 5.74) is 0.951. The summed E-state index contributed by atoms with van der Waals surface area (Å²) in [4.78, 5) is 29.2. The topological polar surface area (TPSA) is 71.1 Å². The Hall–Kier alpha value is -1.91. The minimum Gasteiger partial charge on any atom is -0.350 e. The maximum absolute atomic E-state index is 12.6. The normalized spacial score (nSPS) is 21.6. The van der Waals surface area contributed by atoms with E-state index in [1.807, 2.05) is 12.1 Å². The third-order valence-corrected chi connectivity index (χ3v) is 4.92. The molecule has 0 unspecified atom stereocenters. The lowest BCUT2D eigenvalue weighted by Crippen LogP contribution is -2.49. The Morgan fingerprint density at radius 3 is 2.56 bits per heavy atom. The highest BCUT2D eigenvalue weighted by molar-refractivity contribution is 5.88. The van der Waals surface area contributed by atoms with Gasteiger partial charge in [-0.15, -0.1) is 0 Å². The van der Waals surface area contributed by atoms with Crippen LogP contribution in [0.25, 0.3) is 0 Å². The van der Waals surface area contributed by atoms with Gasteiger partial charge >= 0.3 is 0 Å². The van der Waals surface area contributed by atoms with Gasteiger partial charge in [-0.1, -0.05) is 26.8 Å². The van der Waals surface area contributed by atoms with Crippen LogP contribution in [-0.2, 0) is 16.1 Å². The van der Waals surface area contributed by atoms with E-state index in [-0.39, 0.29) is 17.7 Å². The van der Waals surface area contributed by atoms with E-state index in [9.17, 15) is 9.59 Å². The van der Waals surface area contributed by atoms with Gasteiger partial charge in [0.15, 0.2) is 0 Å². The van der Waals surface area contributed by atoms with Crippen LogP contribution in [0.2, 0.25) is 0 Å². The number of hydrogen-bond donors (Lipinski definition) is 2. The molecule has 1 aliphatic carbocycles. The molecule has 0 aromatic carbocycles. The fourth-order valence-electron chi connectivity index (χ4n) is 3.33. The zero-order valence-corrected chi connectivity index (χ0v) is 15.6. The molecule has 2 N–H and O–H groups in total. The number of nitrogens with one attached hydrogen (secondary N) is 2. The number of pyridine rings is 1. The van der Waals surface area contributed by atoms with Gasteiger partial charge in [0.1, 0.15) is 6.04 Å². The van der Waals surface area contributed by atoms with Gasteiger partial charge in [-0.3, -0.25) is 14.6 Å². The Morgan fingerprint density at radius 2 is 1.96 bits per heavy atom. The van der Waals surface area contributed by atoms with Gasteiger partial charge in [0.2, 0.25) is 11.8 Å². The summed E-state index contributed by atoms with van der Waals surface area (Å²) >= 11 is 0. The lowest BCUT2D eigenvalue weighted by Gasteiger charge is -2.27. The van der Waals surface area contributed by atoms with E-state index in [1.54, 1.807) is 12.4 Å². The van der Waals surface area contributed by atoms with E-state index in [0.29, 0.717) is 24.8 Å². The van der Waals surface area contributed by atoms with Crippen molar-refractivity contribution >= 4 is 11.8 Å². The summed E-state index contributed by atoms with van der Waals surface area (Å²) in [5.74, 6) is 1.01. The molecule has 1 heterocycles. The molecule has 0 saturated heterocycles. The van der Waals surface area contributed by atoms with Crippen molar-refractivity contribution < 1.29 is 9.59 Å². The number of amides is 2. The Bertz CT molecular complexity index is 551. The van der Waals surface area contributed by atoms with Crippen LogP contribution in [0.4, 0.5) is 0 Å². The van der Waals surface area contributed by atoms with Crippen molar-refractivity contribution in [3.05, 3.63) is 30.1 Å². The van der Waals surface area contributed by atoms with Gasteiger partial charge in [-0.05, 0) is 55.6 Å². The minimum absolute atomic E-state index is 0.0362. The molecular formula is C20H31N3O2. The van der Waals surface area contributed by atoms with Gasteiger partial charge in [0, 0.05) is 24.9 Å². The maximum atomic E-state index is 12.6. The first kappa shape index (κ1) is 19.4. The molecule has 138 valence electrons. The number of carbonyl (C=O) groups is 2. The van der Waals surface area contributed by atoms with E-state index in [0.717, 1.165) is 31.2 Å². The molecule has 5 nitrogen and oxygen atoms in total. The standard InChI is InChI=1S/C20H31N3O2/c1-14(2)11-18(20(25)22-13-16-5-4-10-21-12-16)23-19(24)17-8-6-15(3)7-9-17/h4-5,10,12,14-15,17-18H,6-9,11,13H2,1-3H3,(H,22,25)(H,23,24)/t15?,17?,18-/m1/s1. The molecule has 2 rings (SSSR count). The predicted octanol–water partition coefficient (Wildman–Crippen LogP) is 3.06. The van der Waals surface area contributed by atoms with Crippen molar-refractivity contribution in [2.24, 2.45) is 17.8 Å². The molecule has 0 bridgehead atoms. The third-order valence-electron chi connectivity index (χ3n) is 4.92. The maximum Gasteiger partial charge on any atom is 0.242 e. The molecule has 0 aliphatic heterocycles. The Morgan fingerprint density at radius 1 is 1.24 bits per heavy atom. The van der Waals surface area contributed by atoms with Gasteiger partial charge in [-0.2, -0.15) is 0 Å². The highest BCUT2D eigenvalue weighted by atomic mass is 16.2. The molecule has 1 aromatic rings. The number of hydrogen-bond acceptors (Lipinski definition) is 3. The lowest BCUT2D eigenvalue weighted by atomic mass is 9.82. The molecule has 1 atom stereocenters. The van der Waals surface area contributed by atoms with Gasteiger partial charge in [0.05, 0.1) is 0 Å². The molecule has 0 radical (unpaired) electrons. The van der Waals surface area contributed by atoms with E-state index >= 15 is 0 Å². The van der Waals surface area contributed by atoms with Crippen molar-refractivity contribution in [1.29, 1.82) is 0 Å². The molecular weight excluding hydrogens is 314 g/mol. The molecule has 0 spiro atoms. The van der Waals surface area contributed by atoms with Crippen molar-refractivity contribution in [3.8, 4) is 0 Å². The molecule has 1 saturated carbocycles. The Labute approximate surface area is 151 Å². The fraction of sp³-hybridized carbons (Fsp3) is 0.650. The second-order valence-corrected chi connectivity index (χ2v) is 7.73. The van der Waals surface area contributed by atoms with Crippen molar-refractivity contribution in [2.45, 2.75) is 65.5 Å². The molecule has 2 amide bonds. The highest BCUT2D eigenvalue weighted by Crippen LogP contribution is 2.28. The summed E-state index contributed by atoms with van der Waals surface area (Å²) in [7, 11) is 0. The lowest BCUT2D eigenvalue weighted by molar-refractivity contribution is -0.132. The van der Waals surface area contributed by atoms with Crippen molar-refractivity contribution in [2.75, 3.05) is 0 Å². The van der Waals surface area contributed by atoms with E-state index in [2.05, 4.69) is 36.4 Å². The van der Waals surface area contributed by atoms with Crippen molar-refractivity contribution in [3.63, 3.8) is 0 Å². The minimum atomic E-state index is -0.469. The average molecular weight is 345 g/mol. The van der Waals surface area contributed by atoms with Crippen LogP contribution in [-0.4, -0.2) is 22.8 Å². The molecule has 25 heavy (non-hydrogen) atoms. The highest BCUT2D eigenvalue weighted by Gasteiger charge is 2.28. The summed E-state index contributed by atoms with van der Waals surface area (Å²) in [5, 5.41) is 5.93. The van der Waals surface area contributed by atoms with E-state index in [4.69, 9.17) is 0 Å². The smallest absolute Gasteiger partial charge is 0.242 e. The fourth-order valence-corrected chi connectivity index (χ4v) is 3.33. The monoisotopic (exact) mass is 345 g/mol. The summed E-state index contributed by atoms with van der Waals surface area (Å²) < 4.78 is 0. The van der Waals surface area contributed by atoms with Crippen LogP contribution < -0.4 is 10.6 Å². The zero-order valence-electron chi connectivity index (χ0n) is 15.6. The van der Waals surface area contributed by atoms with Crippen molar-refractivity contribution in [1.82, 2.24) is 15.6 Å². The number of rotatable bonds is 7. The summed E-state index contributed by atoms with van der Waals surface area (Å²) in [6, 6.07) is 3.30. The summed E-state index contributed by atoms with van der Waals surface area (Å²) in [6.45, 7) is 6.80. The Kier molecular flexibility index (Phi) is 7.41. The van der Waals surface area contributed by atoms with E-state index in [1.165, 1.54) is 0 Å². The second kappa shape index (κ2) is 9.54. The first-order chi connectivity index (χ1) is 12.0. The Balaban J connectivity index is 1.90. The molecule has 5 heteroatoms. The largest absolute Gasteiger partial charge is 0.350 e. The second-order valence-electron chi connectivity index (χ2n) is 7.73. The van der Waals surface area contributed by atoms with Gasteiger partial charge in [-0.25, -0.2) is 0 Å². The van der Waals surface area contributed by atoms with Crippen LogP contribution in [0.15, 0.2) is 24.5 Å². The van der Waals surface area contributed by atoms with Crippen LogP contribution in [0.3, 0.4) is 0 Å². The SMILES string of the molecule is CC(C)C[C@@H](NC(=O)C1CCC(C)CC1)C(=O)NCc1cccnc1. The van der Waals surface area contributed by atoms with Crippen LogP contribution in [0.5, 0.6) is 0 Å². The van der Waals surface area contributed by atoms with E-state index < -0.39 is 6.04 Å². The van der Waals surface area contributed by atoms with Gasteiger partial charge in [0.25, 0.3) is 0 Å². The third kappa shape index (κ3) is 6.48. The first-order valence-corrected chi connectivity index (χ1v) is 9.42. The predicted molar refractivity (Wildman–Crippen MR) is 98.6 cm³/mol.